The van der Waals surface area contributed by atoms with Crippen LogP contribution in [0.4, 0.5) is 5.69 Å². The zero-order chi connectivity index (χ0) is 22.5. The third-order valence-corrected chi connectivity index (χ3v) is 6.55. The van der Waals surface area contributed by atoms with E-state index in [2.05, 4.69) is 20.9 Å². The molecule has 0 aromatic carbocycles. The number of hydrogen-bond donors (Lipinski definition) is 3. The van der Waals surface area contributed by atoms with Gasteiger partial charge in [0.2, 0.25) is 5.91 Å². The number of anilines is 1. The molecule has 172 valence electrons. The van der Waals surface area contributed by atoms with Crippen LogP contribution in [-0.2, 0) is 20.8 Å². The van der Waals surface area contributed by atoms with E-state index in [0.717, 1.165) is 35.5 Å². The fourth-order valence-corrected chi connectivity index (χ4v) is 4.33. The summed E-state index contributed by atoms with van der Waals surface area (Å²) >= 11 is 7.39. The molecule has 2 fully saturated rings. The second-order valence-electron chi connectivity index (χ2n) is 7.98. The first-order valence-electron chi connectivity index (χ1n) is 10.8. The van der Waals surface area contributed by atoms with E-state index in [1.165, 1.54) is 11.3 Å². The molecule has 1 atom stereocenters. The predicted octanol–water partition coefficient (Wildman–Crippen LogP) is 3.25. The lowest BCUT2D eigenvalue weighted by Gasteiger charge is -2.27. The molecule has 2 amide bonds. The average Bonchev–Trinajstić information content (AvgIpc) is 3.47. The number of carbonyl (C=O) groups is 2. The molecule has 8 nitrogen and oxygen atoms in total. The molecule has 1 aliphatic carbocycles. The molecule has 32 heavy (non-hydrogen) atoms. The van der Waals surface area contributed by atoms with Gasteiger partial charge in [-0.1, -0.05) is 11.6 Å². The van der Waals surface area contributed by atoms with Gasteiger partial charge in [0.15, 0.2) is 6.29 Å². The smallest absolute Gasteiger partial charge is 0.262 e. The van der Waals surface area contributed by atoms with Gasteiger partial charge < -0.3 is 25.4 Å². The molecule has 10 heteroatoms. The second kappa shape index (κ2) is 10.6. The zero-order valence-corrected chi connectivity index (χ0v) is 19.4. The Hall–Kier alpha value is -2.20. The Kier molecular flexibility index (Phi) is 7.62. The summed E-state index contributed by atoms with van der Waals surface area (Å²) in [5.41, 5.74) is 1.70. The van der Waals surface area contributed by atoms with Crippen molar-refractivity contribution in [3.63, 3.8) is 0 Å². The standard InChI is InChI=1S/C22H27ClN4O4S/c1-13-17(9-14(23)11-24-13)25-12-16-5-6-19(32-16)22(29)27-18(21(28)26-15-3-4-15)10-20-30-7-2-8-31-20/h5-6,9,11,15,18,20,25H,2-4,7-8,10,12H2,1H3,(H,26,28)(H,27,29). The largest absolute Gasteiger partial charge is 0.379 e. The van der Waals surface area contributed by atoms with Crippen LogP contribution in [0.3, 0.4) is 0 Å². The van der Waals surface area contributed by atoms with Crippen molar-refractivity contribution in [1.29, 1.82) is 0 Å². The van der Waals surface area contributed by atoms with Crippen molar-refractivity contribution in [3.8, 4) is 0 Å². The number of nitrogens with zero attached hydrogens (tertiary/aromatic N) is 1. The van der Waals surface area contributed by atoms with Crippen LogP contribution in [0.2, 0.25) is 5.02 Å². The maximum Gasteiger partial charge on any atom is 0.262 e. The number of aryl methyl sites for hydroxylation is 1. The third-order valence-electron chi connectivity index (χ3n) is 5.26. The normalized spacial score (nSPS) is 17.6. The Bertz CT molecular complexity index is 959. The summed E-state index contributed by atoms with van der Waals surface area (Å²) in [5.74, 6) is -0.477. The lowest BCUT2D eigenvalue weighted by Crippen LogP contribution is -2.49. The first-order valence-corrected chi connectivity index (χ1v) is 12.0. The van der Waals surface area contributed by atoms with Crippen molar-refractivity contribution in [2.45, 2.75) is 57.5 Å². The Morgan fingerprint density at radius 1 is 1.28 bits per heavy atom. The summed E-state index contributed by atoms with van der Waals surface area (Å²) in [6.45, 7) is 3.63. The van der Waals surface area contributed by atoms with Gasteiger partial charge in [0.25, 0.3) is 5.91 Å². The summed E-state index contributed by atoms with van der Waals surface area (Å²) in [4.78, 5) is 31.3. The summed E-state index contributed by atoms with van der Waals surface area (Å²) in [5, 5.41) is 9.69. The van der Waals surface area contributed by atoms with Crippen LogP contribution < -0.4 is 16.0 Å². The first kappa shape index (κ1) is 23.0. The topological polar surface area (TPSA) is 102 Å². The van der Waals surface area contributed by atoms with E-state index in [4.69, 9.17) is 21.1 Å². The molecule has 0 bridgehead atoms. The average molecular weight is 479 g/mol. The highest BCUT2D eigenvalue weighted by atomic mass is 35.5. The summed E-state index contributed by atoms with van der Waals surface area (Å²) in [7, 11) is 0. The number of hydrogen-bond acceptors (Lipinski definition) is 7. The molecule has 3 heterocycles. The number of amides is 2. The Morgan fingerprint density at radius 3 is 2.81 bits per heavy atom. The molecule has 1 unspecified atom stereocenters. The van der Waals surface area contributed by atoms with Gasteiger partial charge in [-0.3, -0.25) is 14.6 Å². The van der Waals surface area contributed by atoms with Crippen molar-refractivity contribution >= 4 is 40.4 Å². The molecular weight excluding hydrogens is 452 g/mol. The number of rotatable bonds is 9. The highest BCUT2D eigenvalue weighted by Gasteiger charge is 2.31. The van der Waals surface area contributed by atoms with Gasteiger partial charge in [0.05, 0.1) is 34.5 Å². The highest BCUT2D eigenvalue weighted by molar-refractivity contribution is 7.14. The first-order chi connectivity index (χ1) is 15.5. The fourth-order valence-electron chi connectivity index (χ4n) is 3.32. The van der Waals surface area contributed by atoms with E-state index in [1.54, 1.807) is 12.3 Å². The van der Waals surface area contributed by atoms with Gasteiger partial charge in [0.1, 0.15) is 6.04 Å². The van der Waals surface area contributed by atoms with Crippen molar-refractivity contribution in [3.05, 3.63) is 44.9 Å². The van der Waals surface area contributed by atoms with Gasteiger partial charge >= 0.3 is 0 Å². The number of nitrogens with one attached hydrogen (secondary N) is 3. The van der Waals surface area contributed by atoms with E-state index in [9.17, 15) is 9.59 Å². The van der Waals surface area contributed by atoms with Gasteiger partial charge in [-0.2, -0.15) is 0 Å². The van der Waals surface area contributed by atoms with Crippen molar-refractivity contribution < 1.29 is 19.1 Å². The molecule has 4 rings (SSSR count). The number of carbonyl (C=O) groups excluding carboxylic acids is 2. The minimum Gasteiger partial charge on any atom is -0.379 e. The molecule has 1 saturated carbocycles. The van der Waals surface area contributed by atoms with Crippen LogP contribution >= 0.6 is 22.9 Å². The molecule has 3 N–H and O–H groups in total. The highest BCUT2D eigenvalue weighted by Crippen LogP contribution is 2.23. The van der Waals surface area contributed by atoms with Gasteiger partial charge in [-0.15, -0.1) is 11.3 Å². The van der Waals surface area contributed by atoms with E-state index in [0.29, 0.717) is 29.7 Å². The number of halogens is 1. The number of thiophene rings is 1. The minimum absolute atomic E-state index is 0.194. The van der Waals surface area contributed by atoms with Crippen molar-refractivity contribution in [2.75, 3.05) is 18.5 Å². The number of aromatic nitrogens is 1. The van der Waals surface area contributed by atoms with Crippen LogP contribution in [0.5, 0.6) is 0 Å². The van der Waals surface area contributed by atoms with Gasteiger partial charge in [-0.05, 0) is 44.4 Å². The molecule has 1 saturated heterocycles. The molecule has 0 spiro atoms. The molecular formula is C22H27ClN4O4S. The predicted molar refractivity (Wildman–Crippen MR) is 123 cm³/mol. The second-order valence-corrected chi connectivity index (χ2v) is 9.58. The van der Waals surface area contributed by atoms with Crippen LogP contribution in [0.15, 0.2) is 24.4 Å². The Balaban J connectivity index is 1.36. The summed E-state index contributed by atoms with van der Waals surface area (Å²) in [6, 6.07) is 4.98. The lowest BCUT2D eigenvalue weighted by molar-refractivity contribution is -0.184. The maximum atomic E-state index is 12.9. The van der Waals surface area contributed by atoms with Crippen LogP contribution in [0.25, 0.3) is 0 Å². The fraction of sp³-hybridized carbons (Fsp3) is 0.500. The van der Waals surface area contributed by atoms with E-state index in [-0.39, 0.29) is 24.3 Å². The zero-order valence-electron chi connectivity index (χ0n) is 17.9. The molecule has 2 aromatic rings. The van der Waals surface area contributed by atoms with Gasteiger partial charge in [-0.25, -0.2) is 0 Å². The van der Waals surface area contributed by atoms with Crippen LogP contribution in [0.1, 0.15) is 45.9 Å². The molecule has 0 radical (unpaired) electrons. The van der Waals surface area contributed by atoms with E-state index < -0.39 is 12.3 Å². The van der Waals surface area contributed by atoms with Gasteiger partial charge in [0, 0.05) is 30.1 Å². The molecule has 1 aliphatic heterocycles. The minimum atomic E-state index is -0.713. The van der Waals surface area contributed by atoms with E-state index >= 15 is 0 Å². The third kappa shape index (κ3) is 6.41. The van der Waals surface area contributed by atoms with E-state index in [1.807, 2.05) is 19.1 Å². The van der Waals surface area contributed by atoms with Crippen LogP contribution in [-0.4, -0.2) is 48.4 Å². The van der Waals surface area contributed by atoms with Crippen LogP contribution in [0, 0.1) is 6.92 Å². The molecule has 2 aromatic heterocycles. The Labute approximate surface area is 196 Å². The lowest BCUT2D eigenvalue weighted by atomic mass is 10.1. The summed E-state index contributed by atoms with van der Waals surface area (Å²) < 4.78 is 11.2. The SMILES string of the molecule is Cc1ncc(Cl)cc1NCc1ccc(C(=O)NC(CC2OCCCO2)C(=O)NC2CC2)s1. The van der Waals surface area contributed by atoms with Crippen molar-refractivity contribution in [1.82, 2.24) is 15.6 Å². The quantitative estimate of drug-likeness (QED) is 0.511. The summed E-state index contributed by atoms with van der Waals surface area (Å²) in [6.07, 6.45) is 4.19. The maximum absolute atomic E-state index is 12.9. The number of pyridine rings is 1. The monoisotopic (exact) mass is 478 g/mol. The molecule has 2 aliphatic rings. The van der Waals surface area contributed by atoms with Crippen molar-refractivity contribution in [2.24, 2.45) is 0 Å². The number of ether oxygens (including phenoxy) is 2. The Morgan fingerprint density at radius 2 is 2.06 bits per heavy atom.